The molecule has 3 rings (SSSR count). The molecular weight excluding hydrogens is 354 g/mol. The highest BCUT2D eigenvalue weighted by Gasteiger charge is 2.05. The van der Waals surface area contributed by atoms with Crippen LogP contribution < -0.4 is 16.0 Å². The number of hydrogen-bond donors (Lipinski definition) is 3. The van der Waals surface area contributed by atoms with E-state index in [1.807, 2.05) is 53.9 Å². The number of nitrogens with zero attached hydrogens (tertiary/aromatic N) is 4. The smallest absolute Gasteiger partial charge is 0.251 e. The first-order valence-corrected chi connectivity index (χ1v) is 9.42. The van der Waals surface area contributed by atoms with Crippen molar-refractivity contribution in [2.75, 3.05) is 19.6 Å². The van der Waals surface area contributed by atoms with Gasteiger partial charge in [0.25, 0.3) is 5.91 Å². The highest BCUT2D eigenvalue weighted by Crippen LogP contribution is 2.03. The molecule has 0 aliphatic carbocycles. The van der Waals surface area contributed by atoms with Crippen LogP contribution >= 0.6 is 0 Å². The van der Waals surface area contributed by atoms with Crippen molar-refractivity contribution in [2.24, 2.45) is 4.99 Å². The first kappa shape index (κ1) is 19.3. The summed E-state index contributed by atoms with van der Waals surface area (Å²) < 4.78 is 1.92. The van der Waals surface area contributed by atoms with Gasteiger partial charge in [-0.1, -0.05) is 24.3 Å². The van der Waals surface area contributed by atoms with Gasteiger partial charge in [0.15, 0.2) is 17.4 Å². The molecule has 1 aromatic carbocycles. The second-order valence-electron chi connectivity index (χ2n) is 6.14. The Morgan fingerprint density at radius 3 is 2.61 bits per heavy atom. The Bertz CT molecular complexity index is 920. The van der Waals surface area contributed by atoms with E-state index in [-0.39, 0.29) is 5.91 Å². The number of carbonyl (C=O) groups is 1. The van der Waals surface area contributed by atoms with Crippen molar-refractivity contribution in [3.05, 3.63) is 66.1 Å². The van der Waals surface area contributed by atoms with E-state index in [9.17, 15) is 4.79 Å². The van der Waals surface area contributed by atoms with Gasteiger partial charge in [0.1, 0.15) is 6.54 Å². The molecule has 2 aromatic heterocycles. The normalized spacial score (nSPS) is 11.4. The Hall–Kier alpha value is -3.42. The van der Waals surface area contributed by atoms with E-state index in [1.54, 1.807) is 12.1 Å². The van der Waals surface area contributed by atoms with Crippen LogP contribution in [0.5, 0.6) is 0 Å². The first-order chi connectivity index (χ1) is 13.8. The summed E-state index contributed by atoms with van der Waals surface area (Å²) in [6.45, 7) is 4.49. The summed E-state index contributed by atoms with van der Waals surface area (Å²) in [5.41, 5.74) is 1.48. The summed E-state index contributed by atoms with van der Waals surface area (Å²) in [5.74, 6) is 1.44. The van der Waals surface area contributed by atoms with Crippen LogP contribution in [-0.2, 0) is 6.54 Å². The van der Waals surface area contributed by atoms with Crippen LogP contribution in [-0.4, -0.2) is 46.1 Å². The lowest BCUT2D eigenvalue weighted by atomic mass is 10.2. The SMILES string of the molecule is CCNC(=NCc1nnc2ccccn12)NCCCNC(=O)c1ccccc1. The van der Waals surface area contributed by atoms with E-state index in [1.165, 1.54) is 0 Å². The topological polar surface area (TPSA) is 95.7 Å². The molecule has 0 aliphatic heterocycles. The third-order valence-electron chi connectivity index (χ3n) is 4.07. The lowest BCUT2D eigenvalue weighted by Crippen LogP contribution is -2.38. The van der Waals surface area contributed by atoms with E-state index in [2.05, 4.69) is 31.1 Å². The van der Waals surface area contributed by atoms with Crippen LogP contribution in [0, 0.1) is 0 Å². The standard InChI is InChI=1S/C20H25N7O/c1-2-21-20(24-15-18-26-25-17-11-6-7-14-27(17)18)23-13-8-12-22-19(28)16-9-4-3-5-10-16/h3-7,9-11,14H,2,8,12-13,15H2,1H3,(H,22,28)(H2,21,23,24). The van der Waals surface area contributed by atoms with Crippen LogP contribution in [0.2, 0.25) is 0 Å². The van der Waals surface area contributed by atoms with E-state index in [0.717, 1.165) is 24.4 Å². The number of hydrogen-bond acceptors (Lipinski definition) is 4. The third kappa shape index (κ3) is 5.29. The molecular formula is C20H25N7O. The average Bonchev–Trinajstić information content (AvgIpc) is 3.15. The monoisotopic (exact) mass is 379 g/mol. The molecule has 3 aromatic rings. The largest absolute Gasteiger partial charge is 0.357 e. The number of guanidine groups is 1. The Labute approximate surface area is 164 Å². The molecule has 146 valence electrons. The Morgan fingerprint density at radius 1 is 1.00 bits per heavy atom. The lowest BCUT2D eigenvalue weighted by Gasteiger charge is -2.11. The van der Waals surface area contributed by atoms with Gasteiger partial charge in [0.05, 0.1) is 0 Å². The predicted octanol–water partition coefficient (Wildman–Crippen LogP) is 1.60. The molecule has 8 heteroatoms. The number of amides is 1. The molecule has 0 unspecified atom stereocenters. The van der Waals surface area contributed by atoms with Gasteiger partial charge in [-0.25, -0.2) is 4.99 Å². The molecule has 0 radical (unpaired) electrons. The minimum atomic E-state index is -0.0557. The van der Waals surface area contributed by atoms with Crippen molar-refractivity contribution < 1.29 is 4.79 Å². The summed E-state index contributed by atoms with van der Waals surface area (Å²) in [4.78, 5) is 16.6. The molecule has 0 fully saturated rings. The predicted molar refractivity (Wildman–Crippen MR) is 109 cm³/mol. The number of pyridine rings is 1. The minimum Gasteiger partial charge on any atom is -0.357 e. The van der Waals surface area contributed by atoms with Crippen molar-refractivity contribution in [1.29, 1.82) is 0 Å². The molecule has 0 aliphatic rings. The van der Waals surface area contributed by atoms with E-state index < -0.39 is 0 Å². The minimum absolute atomic E-state index is 0.0557. The fourth-order valence-electron chi connectivity index (χ4n) is 2.68. The molecule has 0 spiro atoms. The fourth-order valence-corrected chi connectivity index (χ4v) is 2.68. The van der Waals surface area contributed by atoms with Crippen molar-refractivity contribution in [1.82, 2.24) is 30.5 Å². The molecule has 0 saturated carbocycles. The number of benzene rings is 1. The van der Waals surface area contributed by atoms with Crippen LogP contribution in [0.15, 0.2) is 59.7 Å². The van der Waals surface area contributed by atoms with Crippen molar-refractivity contribution in [3.63, 3.8) is 0 Å². The number of aliphatic imine (C=N–C) groups is 1. The second kappa shape index (κ2) is 10.1. The fraction of sp³-hybridized carbons (Fsp3) is 0.300. The molecule has 1 amide bonds. The van der Waals surface area contributed by atoms with Gasteiger partial charge in [-0.3, -0.25) is 9.20 Å². The maximum atomic E-state index is 12.0. The van der Waals surface area contributed by atoms with Gasteiger partial charge in [0.2, 0.25) is 0 Å². The highest BCUT2D eigenvalue weighted by molar-refractivity contribution is 5.94. The van der Waals surface area contributed by atoms with Crippen molar-refractivity contribution in [2.45, 2.75) is 19.9 Å². The molecule has 0 atom stereocenters. The summed E-state index contributed by atoms with van der Waals surface area (Å²) in [6, 6.07) is 15.0. The number of nitrogens with one attached hydrogen (secondary N) is 3. The van der Waals surface area contributed by atoms with Crippen molar-refractivity contribution >= 4 is 17.5 Å². The van der Waals surface area contributed by atoms with Gasteiger partial charge in [-0.15, -0.1) is 10.2 Å². The van der Waals surface area contributed by atoms with Gasteiger partial charge in [-0.05, 0) is 37.6 Å². The maximum absolute atomic E-state index is 12.0. The van der Waals surface area contributed by atoms with Crippen LogP contribution in [0.25, 0.3) is 5.65 Å². The molecule has 3 N–H and O–H groups in total. The van der Waals surface area contributed by atoms with E-state index in [0.29, 0.717) is 31.2 Å². The summed E-state index contributed by atoms with van der Waals surface area (Å²) >= 11 is 0. The molecule has 0 saturated heterocycles. The number of rotatable bonds is 8. The number of fused-ring (bicyclic) bond motifs is 1. The second-order valence-corrected chi connectivity index (χ2v) is 6.14. The first-order valence-electron chi connectivity index (χ1n) is 9.42. The van der Waals surface area contributed by atoms with E-state index >= 15 is 0 Å². The Balaban J connectivity index is 1.45. The van der Waals surface area contributed by atoms with Crippen molar-refractivity contribution in [3.8, 4) is 0 Å². The maximum Gasteiger partial charge on any atom is 0.251 e. The zero-order valence-electron chi connectivity index (χ0n) is 15.9. The summed E-state index contributed by atoms with van der Waals surface area (Å²) in [5, 5.41) is 17.7. The van der Waals surface area contributed by atoms with Gasteiger partial charge in [0, 0.05) is 31.4 Å². The number of carbonyl (C=O) groups excluding carboxylic acids is 1. The third-order valence-corrected chi connectivity index (χ3v) is 4.07. The zero-order chi connectivity index (χ0) is 19.6. The summed E-state index contributed by atoms with van der Waals surface area (Å²) in [6.07, 6.45) is 2.72. The number of aromatic nitrogens is 3. The van der Waals surface area contributed by atoms with Crippen LogP contribution in [0.1, 0.15) is 29.5 Å². The average molecular weight is 379 g/mol. The van der Waals surface area contributed by atoms with E-state index in [4.69, 9.17) is 0 Å². The Kier molecular flexibility index (Phi) is 6.95. The molecule has 0 bridgehead atoms. The molecule has 2 heterocycles. The lowest BCUT2D eigenvalue weighted by molar-refractivity contribution is 0.0953. The highest BCUT2D eigenvalue weighted by atomic mass is 16.1. The van der Waals surface area contributed by atoms with Gasteiger partial charge < -0.3 is 16.0 Å². The van der Waals surface area contributed by atoms with Gasteiger partial charge >= 0.3 is 0 Å². The van der Waals surface area contributed by atoms with Crippen LogP contribution in [0.4, 0.5) is 0 Å². The quantitative estimate of drug-likeness (QED) is 0.314. The zero-order valence-corrected chi connectivity index (χ0v) is 15.9. The van der Waals surface area contributed by atoms with Crippen LogP contribution in [0.3, 0.4) is 0 Å². The molecule has 28 heavy (non-hydrogen) atoms. The molecule has 8 nitrogen and oxygen atoms in total. The Morgan fingerprint density at radius 2 is 1.79 bits per heavy atom. The summed E-state index contributed by atoms with van der Waals surface area (Å²) in [7, 11) is 0. The van der Waals surface area contributed by atoms with Gasteiger partial charge in [-0.2, -0.15) is 0 Å².